The quantitative estimate of drug-likeness (QED) is 0.192. The summed E-state index contributed by atoms with van der Waals surface area (Å²) in [7, 11) is 0. The van der Waals surface area contributed by atoms with E-state index in [2.05, 4.69) is 221 Å². The molecule has 12 rings (SSSR count). The first-order chi connectivity index (χ1) is 31.5. The fourth-order valence-corrected chi connectivity index (χ4v) is 10.7. The van der Waals surface area contributed by atoms with Gasteiger partial charge in [0.1, 0.15) is 23.2 Å². The van der Waals surface area contributed by atoms with Crippen LogP contribution in [0.1, 0.15) is 97.8 Å². The first-order valence-corrected chi connectivity index (χ1v) is 22.8. The van der Waals surface area contributed by atoms with Crippen LogP contribution in [-0.2, 0) is 16.2 Å². The van der Waals surface area contributed by atoms with Gasteiger partial charge in [-0.1, -0.05) is 193 Å². The number of rotatable bonds is 4. The maximum atomic E-state index is 6.82. The number of amidine groups is 2. The zero-order valence-corrected chi connectivity index (χ0v) is 37.6. The smallest absolute Gasteiger partial charge is 0.170 e. The van der Waals surface area contributed by atoms with Crippen LogP contribution in [0.5, 0.6) is 11.5 Å². The summed E-state index contributed by atoms with van der Waals surface area (Å²) in [6.07, 6.45) is -0.494. The van der Waals surface area contributed by atoms with Crippen LogP contribution in [0.25, 0.3) is 38.6 Å². The molecule has 2 aliphatic heterocycles. The Morgan fingerprint density at radius 2 is 1.06 bits per heavy atom. The second kappa shape index (κ2) is 14.3. The van der Waals surface area contributed by atoms with Gasteiger partial charge in [-0.05, 0) is 69.0 Å². The summed E-state index contributed by atoms with van der Waals surface area (Å²) in [5.41, 5.74) is 15.6. The molecule has 1 N–H and O–H groups in total. The standard InChI is InChI=1S/C60H50N4O/c1-58(2,3)39-32-33-41-46(34-39)60(44-26-14-17-30-51(44)65-52-31-18-15-27-45(52)60)47-35-40(59(4,5)6)36-50(54(41)47)64-48-28-16-13-24-42(48)53-43(25-19-29-49(53)64)57-62-55(37-20-9-7-10-21-37)61-56(63-57)38-22-11-8-12-23-38/h7-36,57H,1-6H3,(H,61,62,63). The zero-order chi connectivity index (χ0) is 44.2. The molecule has 5 nitrogen and oxygen atoms in total. The number of benzene rings is 8. The summed E-state index contributed by atoms with van der Waals surface area (Å²) in [5.74, 6) is 3.38. The summed E-state index contributed by atoms with van der Waals surface area (Å²) in [6, 6.07) is 66.0. The van der Waals surface area contributed by atoms with Crippen LogP contribution in [0.15, 0.2) is 192 Å². The number of nitrogens with zero attached hydrogens (tertiary/aromatic N) is 3. The summed E-state index contributed by atoms with van der Waals surface area (Å²) >= 11 is 0. The van der Waals surface area contributed by atoms with Crippen molar-refractivity contribution in [1.82, 2.24) is 9.88 Å². The number of hydrogen-bond acceptors (Lipinski definition) is 4. The number of ether oxygens (including phenoxy) is 1. The molecule has 3 aliphatic rings. The van der Waals surface area contributed by atoms with Crippen LogP contribution in [0, 0.1) is 0 Å². The molecule has 0 saturated carbocycles. The molecule has 9 aromatic rings. The van der Waals surface area contributed by atoms with Gasteiger partial charge in [0.2, 0.25) is 0 Å². The van der Waals surface area contributed by atoms with Gasteiger partial charge in [0.15, 0.2) is 6.17 Å². The van der Waals surface area contributed by atoms with E-state index in [0.29, 0.717) is 0 Å². The van der Waals surface area contributed by atoms with Crippen LogP contribution in [-0.4, -0.2) is 16.2 Å². The molecule has 0 bridgehead atoms. The Hall–Kier alpha value is -7.50. The van der Waals surface area contributed by atoms with E-state index >= 15 is 0 Å². The number of hydrogen-bond donors (Lipinski definition) is 1. The second-order valence-corrected chi connectivity index (χ2v) is 19.8. The molecule has 0 unspecified atom stereocenters. The van der Waals surface area contributed by atoms with E-state index in [1.807, 2.05) is 12.1 Å². The van der Waals surface area contributed by atoms with Gasteiger partial charge in [-0.2, -0.15) is 0 Å². The van der Waals surface area contributed by atoms with Crippen molar-refractivity contribution < 1.29 is 4.74 Å². The number of nitrogens with one attached hydrogen (secondary N) is 1. The molecular weight excluding hydrogens is 793 g/mol. The molecule has 316 valence electrons. The van der Waals surface area contributed by atoms with Crippen LogP contribution >= 0.6 is 0 Å². The summed E-state index contributed by atoms with van der Waals surface area (Å²) < 4.78 is 9.35. The fraction of sp³-hybridized carbons (Fsp3) is 0.167. The molecule has 0 radical (unpaired) electrons. The minimum absolute atomic E-state index is 0.0712. The van der Waals surface area contributed by atoms with Crippen LogP contribution in [0.2, 0.25) is 0 Å². The third-order valence-electron chi connectivity index (χ3n) is 13.8. The van der Waals surface area contributed by atoms with Gasteiger partial charge >= 0.3 is 0 Å². The third kappa shape index (κ3) is 5.91. The monoisotopic (exact) mass is 842 g/mol. The van der Waals surface area contributed by atoms with E-state index in [0.717, 1.165) is 78.5 Å². The van der Waals surface area contributed by atoms with E-state index in [4.69, 9.17) is 14.7 Å². The molecule has 1 aromatic heterocycles. The predicted octanol–water partition coefficient (Wildman–Crippen LogP) is 14.3. The second-order valence-electron chi connectivity index (χ2n) is 19.8. The highest BCUT2D eigenvalue weighted by Gasteiger charge is 2.52. The molecule has 0 fully saturated rings. The van der Waals surface area contributed by atoms with Gasteiger partial charge in [0.05, 0.1) is 22.1 Å². The summed E-state index contributed by atoms with van der Waals surface area (Å²) in [4.78, 5) is 10.8. The number of aromatic nitrogens is 1. The van der Waals surface area contributed by atoms with E-state index in [1.165, 1.54) is 33.4 Å². The summed E-state index contributed by atoms with van der Waals surface area (Å²) in [6.45, 7) is 14.0. The molecular formula is C60H50N4O. The van der Waals surface area contributed by atoms with E-state index in [9.17, 15) is 0 Å². The highest BCUT2D eigenvalue weighted by atomic mass is 16.5. The Kier molecular flexibility index (Phi) is 8.58. The van der Waals surface area contributed by atoms with Crippen molar-refractivity contribution in [2.45, 2.75) is 64.0 Å². The molecule has 0 saturated heterocycles. The average Bonchev–Trinajstić information content (AvgIpc) is 3.82. The van der Waals surface area contributed by atoms with Crippen LogP contribution < -0.4 is 10.1 Å². The maximum Gasteiger partial charge on any atom is 0.170 e. The maximum absolute atomic E-state index is 6.82. The van der Waals surface area contributed by atoms with Gasteiger partial charge in [-0.3, -0.25) is 0 Å². The van der Waals surface area contributed by atoms with Crippen molar-refractivity contribution in [3.8, 4) is 28.3 Å². The van der Waals surface area contributed by atoms with Gasteiger partial charge in [0, 0.05) is 44.2 Å². The number of fused-ring (bicyclic) bond motifs is 12. The van der Waals surface area contributed by atoms with Gasteiger partial charge in [-0.15, -0.1) is 0 Å². The first-order valence-electron chi connectivity index (χ1n) is 22.8. The number of para-hydroxylation sites is 3. The first kappa shape index (κ1) is 39.1. The topological polar surface area (TPSA) is 50.9 Å². The highest BCUT2D eigenvalue weighted by molar-refractivity contribution is 6.17. The Bertz CT molecular complexity index is 3350. The predicted molar refractivity (Wildman–Crippen MR) is 267 cm³/mol. The van der Waals surface area contributed by atoms with Crippen molar-refractivity contribution in [2.24, 2.45) is 9.98 Å². The Morgan fingerprint density at radius 1 is 0.508 bits per heavy atom. The minimum atomic E-state index is -0.641. The molecule has 65 heavy (non-hydrogen) atoms. The lowest BCUT2D eigenvalue weighted by atomic mass is 9.65. The molecule has 1 spiro atoms. The van der Waals surface area contributed by atoms with Gasteiger partial charge in [-0.25, -0.2) is 9.98 Å². The summed E-state index contributed by atoms with van der Waals surface area (Å²) in [5, 5.41) is 5.91. The lowest BCUT2D eigenvalue weighted by Gasteiger charge is -2.40. The van der Waals surface area contributed by atoms with Gasteiger partial charge in [0.25, 0.3) is 0 Å². The Balaban J connectivity index is 1.19. The van der Waals surface area contributed by atoms with Gasteiger partial charge < -0.3 is 14.6 Å². The highest BCUT2D eigenvalue weighted by Crippen LogP contribution is 2.64. The SMILES string of the molecule is CC(C)(C)c1ccc2c(c1)C1(c3ccccc3Oc3ccccc31)c1cc(C(C)(C)C)cc(-n3c4ccccc4c4c(C5N=C(c6ccccc6)NC(c6ccccc6)=N5)cccc43)c1-2. The average molecular weight is 843 g/mol. The van der Waals surface area contributed by atoms with E-state index < -0.39 is 11.6 Å². The van der Waals surface area contributed by atoms with Crippen molar-refractivity contribution >= 4 is 33.5 Å². The van der Waals surface area contributed by atoms with E-state index in [1.54, 1.807) is 0 Å². The molecule has 0 amide bonds. The van der Waals surface area contributed by atoms with Crippen LogP contribution in [0.4, 0.5) is 0 Å². The van der Waals surface area contributed by atoms with Crippen LogP contribution in [0.3, 0.4) is 0 Å². The molecule has 3 heterocycles. The molecule has 8 aromatic carbocycles. The number of aliphatic imine (C=N–C) groups is 2. The van der Waals surface area contributed by atoms with E-state index in [-0.39, 0.29) is 10.8 Å². The van der Waals surface area contributed by atoms with Crippen molar-refractivity contribution in [2.75, 3.05) is 0 Å². The zero-order valence-electron chi connectivity index (χ0n) is 37.6. The molecule has 0 atom stereocenters. The lowest BCUT2D eigenvalue weighted by Crippen LogP contribution is -2.36. The molecule has 1 aliphatic carbocycles. The van der Waals surface area contributed by atoms with Crippen molar-refractivity contribution in [3.63, 3.8) is 0 Å². The Morgan fingerprint density at radius 3 is 1.69 bits per heavy atom. The fourth-order valence-electron chi connectivity index (χ4n) is 10.7. The molecule has 5 heteroatoms. The Labute approximate surface area is 380 Å². The van der Waals surface area contributed by atoms with Crippen molar-refractivity contribution in [3.05, 3.63) is 232 Å². The lowest BCUT2D eigenvalue weighted by molar-refractivity contribution is 0.436. The minimum Gasteiger partial charge on any atom is -0.457 e. The normalized spacial score (nSPS) is 15.1. The van der Waals surface area contributed by atoms with Crippen molar-refractivity contribution in [1.29, 1.82) is 0 Å². The largest absolute Gasteiger partial charge is 0.457 e. The third-order valence-corrected chi connectivity index (χ3v) is 13.8.